The van der Waals surface area contributed by atoms with Crippen molar-refractivity contribution in [2.24, 2.45) is 0 Å². The van der Waals surface area contributed by atoms with Crippen LogP contribution in [-0.4, -0.2) is 23.0 Å². The number of carbonyl (C=O) groups excluding carboxylic acids is 2. The van der Waals surface area contributed by atoms with E-state index < -0.39 is 11.8 Å². The Hall–Kier alpha value is -2.15. The lowest BCUT2D eigenvalue weighted by molar-refractivity contribution is -0.136. The molecule has 2 aromatic rings. The summed E-state index contributed by atoms with van der Waals surface area (Å²) < 4.78 is 5.08. The SMILES string of the molecule is CCc1onc(C)c1NC(=O)C(=O)NC(C)Cc1ccsc1. The summed E-state index contributed by atoms with van der Waals surface area (Å²) in [6, 6.07) is 1.88. The van der Waals surface area contributed by atoms with Gasteiger partial charge in [-0.1, -0.05) is 12.1 Å². The smallest absolute Gasteiger partial charge is 0.313 e. The molecule has 1 unspecified atom stereocenters. The highest BCUT2D eigenvalue weighted by molar-refractivity contribution is 7.07. The lowest BCUT2D eigenvalue weighted by atomic mass is 10.1. The molecule has 118 valence electrons. The third-order valence-corrected chi connectivity index (χ3v) is 3.93. The summed E-state index contributed by atoms with van der Waals surface area (Å²) in [5, 5.41) is 13.1. The monoisotopic (exact) mass is 321 g/mol. The second-order valence-electron chi connectivity index (χ2n) is 5.08. The Morgan fingerprint density at radius 1 is 1.41 bits per heavy atom. The van der Waals surface area contributed by atoms with Crippen molar-refractivity contribution in [3.05, 3.63) is 33.8 Å². The molecule has 0 spiro atoms. The van der Waals surface area contributed by atoms with Crippen molar-refractivity contribution in [3.8, 4) is 0 Å². The Morgan fingerprint density at radius 2 is 2.18 bits per heavy atom. The topological polar surface area (TPSA) is 84.2 Å². The Labute approximate surface area is 132 Å². The van der Waals surface area contributed by atoms with E-state index in [9.17, 15) is 9.59 Å². The second kappa shape index (κ2) is 7.22. The molecule has 0 aliphatic carbocycles. The van der Waals surface area contributed by atoms with Crippen LogP contribution in [0.15, 0.2) is 21.3 Å². The van der Waals surface area contributed by atoms with Gasteiger partial charge in [-0.25, -0.2) is 0 Å². The molecule has 0 radical (unpaired) electrons. The zero-order chi connectivity index (χ0) is 16.1. The van der Waals surface area contributed by atoms with E-state index in [0.29, 0.717) is 30.0 Å². The molecule has 0 aliphatic heterocycles. The number of anilines is 1. The van der Waals surface area contributed by atoms with E-state index in [-0.39, 0.29) is 6.04 Å². The average Bonchev–Trinajstić information content (AvgIpc) is 3.09. The number of hydrogen-bond acceptors (Lipinski definition) is 5. The summed E-state index contributed by atoms with van der Waals surface area (Å²) >= 11 is 1.61. The van der Waals surface area contributed by atoms with Gasteiger partial charge in [-0.3, -0.25) is 9.59 Å². The Bertz CT molecular complexity index is 649. The predicted molar refractivity (Wildman–Crippen MR) is 84.9 cm³/mol. The summed E-state index contributed by atoms with van der Waals surface area (Å²) in [7, 11) is 0. The Kier molecular flexibility index (Phi) is 5.32. The third kappa shape index (κ3) is 3.94. The molecule has 0 bridgehead atoms. The number of aryl methyl sites for hydroxylation is 2. The lowest BCUT2D eigenvalue weighted by Crippen LogP contribution is -2.41. The van der Waals surface area contributed by atoms with Crippen molar-refractivity contribution >= 4 is 28.8 Å². The van der Waals surface area contributed by atoms with Crippen LogP contribution in [0, 0.1) is 6.92 Å². The van der Waals surface area contributed by atoms with Crippen molar-refractivity contribution < 1.29 is 14.1 Å². The van der Waals surface area contributed by atoms with Crippen LogP contribution < -0.4 is 10.6 Å². The standard InChI is InChI=1S/C15H19N3O3S/c1-4-12-13(10(3)18-21-12)17-15(20)14(19)16-9(2)7-11-5-6-22-8-11/h5-6,8-9H,4,7H2,1-3H3,(H,16,19)(H,17,20). The lowest BCUT2D eigenvalue weighted by Gasteiger charge is -2.13. The maximum Gasteiger partial charge on any atom is 0.313 e. The molecule has 2 heterocycles. The molecule has 1 atom stereocenters. The first-order valence-electron chi connectivity index (χ1n) is 7.09. The highest BCUT2D eigenvalue weighted by Gasteiger charge is 2.20. The normalized spacial score (nSPS) is 12.0. The molecule has 2 rings (SSSR count). The van der Waals surface area contributed by atoms with E-state index in [1.165, 1.54) is 0 Å². The fraction of sp³-hybridized carbons (Fsp3) is 0.400. The maximum absolute atomic E-state index is 12.0. The van der Waals surface area contributed by atoms with E-state index in [0.717, 1.165) is 5.56 Å². The third-order valence-electron chi connectivity index (χ3n) is 3.20. The summed E-state index contributed by atoms with van der Waals surface area (Å²) in [4.78, 5) is 23.9. The van der Waals surface area contributed by atoms with Gasteiger partial charge in [0.2, 0.25) is 0 Å². The van der Waals surface area contributed by atoms with Gasteiger partial charge < -0.3 is 15.2 Å². The molecule has 0 saturated heterocycles. The molecule has 0 fully saturated rings. The first-order valence-corrected chi connectivity index (χ1v) is 8.03. The van der Waals surface area contributed by atoms with Gasteiger partial charge >= 0.3 is 11.8 Å². The largest absolute Gasteiger partial charge is 0.359 e. The van der Waals surface area contributed by atoms with E-state index in [2.05, 4.69) is 15.8 Å². The number of nitrogens with zero attached hydrogens (tertiary/aromatic N) is 1. The molecule has 2 aromatic heterocycles. The quantitative estimate of drug-likeness (QED) is 0.828. The molecule has 0 saturated carbocycles. The number of rotatable bonds is 5. The van der Waals surface area contributed by atoms with Crippen LogP contribution in [0.4, 0.5) is 5.69 Å². The van der Waals surface area contributed by atoms with Crippen LogP contribution in [0.5, 0.6) is 0 Å². The van der Waals surface area contributed by atoms with Gasteiger partial charge in [0.15, 0.2) is 5.76 Å². The van der Waals surface area contributed by atoms with Gasteiger partial charge in [0, 0.05) is 12.5 Å². The van der Waals surface area contributed by atoms with Crippen molar-refractivity contribution in [1.29, 1.82) is 0 Å². The van der Waals surface area contributed by atoms with Crippen molar-refractivity contribution in [3.63, 3.8) is 0 Å². The number of aromatic nitrogens is 1. The van der Waals surface area contributed by atoms with E-state index >= 15 is 0 Å². The number of amides is 2. The fourth-order valence-electron chi connectivity index (χ4n) is 2.09. The number of hydrogen-bond donors (Lipinski definition) is 2. The number of thiophene rings is 1. The summed E-state index contributed by atoms with van der Waals surface area (Å²) in [6.45, 7) is 5.47. The van der Waals surface area contributed by atoms with Gasteiger partial charge in [0.1, 0.15) is 11.4 Å². The average molecular weight is 321 g/mol. The second-order valence-corrected chi connectivity index (χ2v) is 5.86. The van der Waals surface area contributed by atoms with E-state index in [4.69, 9.17) is 4.52 Å². The minimum Gasteiger partial charge on any atom is -0.359 e. The van der Waals surface area contributed by atoms with Crippen LogP contribution in [0.2, 0.25) is 0 Å². The fourth-order valence-corrected chi connectivity index (χ4v) is 2.77. The number of nitrogens with one attached hydrogen (secondary N) is 2. The van der Waals surface area contributed by atoms with Crippen molar-refractivity contribution in [2.45, 2.75) is 39.7 Å². The number of carbonyl (C=O) groups is 2. The summed E-state index contributed by atoms with van der Waals surface area (Å²) in [5.41, 5.74) is 2.18. The van der Waals surface area contributed by atoms with E-state index in [1.807, 2.05) is 30.7 Å². The van der Waals surface area contributed by atoms with Crippen LogP contribution in [0.25, 0.3) is 0 Å². The van der Waals surface area contributed by atoms with Gasteiger partial charge in [0.05, 0.1) is 0 Å². The first-order chi connectivity index (χ1) is 10.5. The van der Waals surface area contributed by atoms with Crippen LogP contribution in [-0.2, 0) is 22.4 Å². The van der Waals surface area contributed by atoms with Crippen molar-refractivity contribution in [2.75, 3.05) is 5.32 Å². The van der Waals surface area contributed by atoms with Gasteiger partial charge in [0.25, 0.3) is 0 Å². The Morgan fingerprint density at radius 3 is 2.82 bits per heavy atom. The minimum atomic E-state index is -0.710. The molecule has 7 heteroatoms. The molecular weight excluding hydrogens is 302 g/mol. The predicted octanol–water partition coefficient (Wildman–Crippen LogP) is 2.29. The Balaban J connectivity index is 1.91. The highest BCUT2D eigenvalue weighted by atomic mass is 32.1. The molecule has 6 nitrogen and oxygen atoms in total. The summed E-state index contributed by atoms with van der Waals surface area (Å²) in [5.74, 6) is -0.812. The van der Waals surface area contributed by atoms with Crippen LogP contribution in [0.3, 0.4) is 0 Å². The van der Waals surface area contributed by atoms with E-state index in [1.54, 1.807) is 18.3 Å². The van der Waals surface area contributed by atoms with Gasteiger partial charge in [-0.2, -0.15) is 11.3 Å². The molecular formula is C15H19N3O3S. The van der Waals surface area contributed by atoms with Crippen molar-refractivity contribution in [1.82, 2.24) is 10.5 Å². The molecule has 22 heavy (non-hydrogen) atoms. The molecule has 2 N–H and O–H groups in total. The van der Waals surface area contributed by atoms with Gasteiger partial charge in [-0.15, -0.1) is 0 Å². The molecule has 2 amide bonds. The van der Waals surface area contributed by atoms with Gasteiger partial charge in [-0.05, 0) is 42.7 Å². The summed E-state index contributed by atoms with van der Waals surface area (Å²) in [6.07, 6.45) is 1.28. The minimum absolute atomic E-state index is 0.123. The zero-order valence-electron chi connectivity index (χ0n) is 12.8. The molecule has 0 aromatic carbocycles. The zero-order valence-corrected chi connectivity index (χ0v) is 13.6. The molecule has 0 aliphatic rings. The maximum atomic E-state index is 12.0. The first kappa shape index (κ1) is 16.2. The van der Waals surface area contributed by atoms with Crippen LogP contribution >= 0.6 is 11.3 Å². The highest BCUT2D eigenvalue weighted by Crippen LogP contribution is 2.20. The van der Waals surface area contributed by atoms with Crippen LogP contribution in [0.1, 0.15) is 30.9 Å².